The van der Waals surface area contributed by atoms with Crippen LogP contribution in [0.4, 0.5) is 0 Å². The molecule has 0 bridgehead atoms. The minimum absolute atomic E-state index is 0.295. The molecule has 2 nitrogen and oxygen atoms in total. The highest BCUT2D eigenvalue weighted by atomic mass is 32.1. The smallest absolute Gasteiger partial charge is 0.185 e. The molecule has 126 valence electrons. The van der Waals surface area contributed by atoms with Crippen molar-refractivity contribution in [2.45, 2.75) is 56.9 Å². The summed E-state index contributed by atoms with van der Waals surface area (Å²) in [5.41, 5.74) is -0.590. The first-order valence-corrected chi connectivity index (χ1v) is 16.6. The van der Waals surface area contributed by atoms with Crippen LogP contribution in [0.1, 0.15) is 16.2 Å². The summed E-state index contributed by atoms with van der Waals surface area (Å²) in [6, 6.07) is 8.68. The molecule has 3 rings (SSSR count). The molecule has 1 saturated carbocycles. The molecule has 0 unspecified atom stereocenters. The molecule has 0 amide bonds. The SMILES string of the molecule is C[Si](C)(C)O[C@]1(c2cccs2)C[C@@]1(O[Si](C)(C)C)c1cccs1. The van der Waals surface area contributed by atoms with Gasteiger partial charge in [0.1, 0.15) is 11.2 Å². The molecule has 0 aromatic carbocycles. The van der Waals surface area contributed by atoms with Crippen LogP contribution >= 0.6 is 22.7 Å². The predicted octanol–water partition coefficient (Wildman–Crippen LogP) is 6.01. The molecular formula is C17H26O2S2Si2. The third-order valence-corrected chi connectivity index (χ3v) is 7.77. The van der Waals surface area contributed by atoms with Gasteiger partial charge in [-0.15, -0.1) is 22.7 Å². The highest BCUT2D eigenvalue weighted by Gasteiger charge is 2.74. The van der Waals surface area contributed by atoms with Crippen molar-refractivity contribution >= 4 is 39.3 Å². The average molecular weight is 383 g/mol. The zero-order chi connectivity index (χ0) is 16.9. The van der Waals surface area contributed by atoms with Crippen molar-refractivity contribution in [2.24, 2.45) is 0 Å². The van der Waals surface area contributed by atoms with E-state index in [-0.39, 0.29) is 11.2 Å². The summed E-state index contributed by atoms with van der Waals surface area (Å²) >= 11 is 3.59. The highest BCUT2D eigenvalue weighted by molar-refractivity contribution is 7.11. The average Bonchev–Trinajstić information content (AvgIpc) is 2.90. The van der Waals surface area contributed by atoms with E-state index in [0.29, 0.717) is 0 Å². The summed E-state index contributed by atoms with van der Waals surface area (Å²) in [5, 5.41) is 4.30. The Bertz CT molecular complexity index is 598. The summed E-state index contributed by atoms with van der Waals surface area (Å²) < 4.78 is 13.6. The molecule has 2 aromatic rings. The molecule has 1 aliphatic carbocycles. The molecule has 1 fully saturated rings. The van der Waals surface area contributed by atoms with E-state index in [9.17, 15) is 0 Å². The quantitative estimate of drug-likeness (QED) is 0.570. The van der Waals surface area contributed by atoms with Gasteiger partial charge in [-0.1, -0.05) is 12.1 Å². The van der Waals surface area contributed by atoms with Crippen molar-refractivity contribution in [2.75, 3.05) is 0 Å². The first-order chi connectivity index (χ1) is 10.6. The summed E-state index contributed by atoms with van der Waals surface area (Å²) in [4.78, 5) is 2.62. The van der Waals surface area contributed by atoms with Crippen LogP contribution < -0.4 is 0 Å². The van der Waals surface area contributed by atoms with Crippen LogP contribution in [-0.4, -0.2) is 16.6 Å². The van der Waals surface area contributed by atoms with Crippen molar-refractivity contribution in [3.05, 3.63) is 44.8 Å². The lowest BCUT2D eigenvalue weighted by Crippen LogP contribution is -2.41. The lowest BCUT2D eigenvalue weighted by molar-refractivity contribution is 0.0444. The van der Waals surface area contributed by atoms with Crippen LogP contribution in [0, 0.1) is 0 Å². The lowest BCUT2D eigenvalue weighted by atomic mass is 10.1. The van der Waals surface area contributed by atoms with Crippen LogP contribution in [0.2, 0.25) is 39.3 Å². The van der Waals surface area contributed by atoms with Crippen LogP contribution in [0.25, 0.3) is 0 Å². The Morgan fingerprint density at radius 3 is 1.43 bits per heavy atom. The lowest BCUT2D eigenvalue weighted by Gasteiger charge is -2.34. The van der Waals surface area contributed by atoms with Crippen molar-refractivity contribution in [1.82, 2.24) is 0 Å². The molecule has 2 heterocycles. The van der Waals surface area contributed by atoms with Gasteiger partial charge in [-0.05, 0) is 62.2 Å². The molecule has 2 aromatic heterocycles. The minimum Gasteiger partial charge on any atom is -0.404 e. The Morgan fingerprint density at radius 2 is 1.17 bits per heavy atom. The second-order valence-electron chi connectivity index (χ2n) is 8.21. The molecule has 1 aliphatic rings. The van der Waals surface area contributed by atoms with Crippen LogP contribution in [0.5, 0.6) is 0 Å². The maximum absolute atomic E-state index is 6.82. The van der Waals surface area contributed by atoms with E-state index in [1.54, 1.807) is 22.7 Å². The van der Waals surface area contributed by atoms with Gasteiger partial charge >= 0.3 is 0 Å². The topological polar surface area (TPSA) is 18.5 Å². The summed E-state index contributed by atoms with van der Waals surface area (Å²) in [7, 11) is -3.43. The van der Waals surface area contributed by atoms with E-state index < -0.39 is 16.6 Å². The van der Waals surface area contributed by atoms with E-state index >= 15 is 0 Å². The van der Waals surface area contributed by atoms with Crippen molar-refractivity contribution in [3.63, 3.8) is 0 Å². The van der Waals surface area contributed by atoms with E-state index in [4.69, 9.17) is 8.85 Å². The van der Waals surface area contributed by atoms with Gasteiger partial charge in [0, 0.05) is 16.2 Å². The van der Waals surface area contributed by atoms with E-state index in [0.717, 1.165) is 6.42 Å². The first kappa shape index (κ1) is 17.6. The number of thiophene rings is 2. The fourth-order valence-electron chi connectivity index (χ4n) is 3.28. The van der Waals surface area contributed by atoms with Gasteiger partial charge in [-0.2, -0.15) is 0 Å². The Balaban J connectivity index is 2.10. The minimum atomic E-state index is -1.72. The summed E-state index contributed by atoms with van der Waals surface area (Å²) in [5.74, 6) is 0. The largest absolute Gasteiger partial charge is 0.404 e. The van der Waals surface area contributed by atoms with Crippen molar-refractivity contribution in [3.8, 4) is 0 Å². The van der Waals surface area contributed by atoms with E-state index in [2.05, 4.69) is 74.3 Å². The van der Waals surface area contributed by atoms with Crippen LogP contribution in [0.3, 0.4) is 0 Å². The Morgan fingerprint density at radius 1 is 0.783 bits per heavy atom. The molecule has 2 atom stereocenters. The van der Waals surface area contributed by atoms with Gasteiger partial charge in [-0.3, -0.25) is 0 Å². The first-order valence-electron chi connectivity index (χ1n) is 8.06. The summed E-state index contributed by atoms with van der Waals surface area (Å²) in [6.07, 6.45) is 0.940. The van der Waals surface area contributed by atoms with Crippen molar-refractivity contribution < 1.29 is 8.85 Å². The zero-order valence-electron chi connectivity index (χ0n) is 14.8. The van der Waals surface area contributed by atoms with Gasteiger partial charge in [0.15, 0.2) is 16.6 Å². The molecule has 0 spiro atoms. The molecule has 0 radical (unpaired) electrons. The predicted molar refractivity (Wildman–Crippen MR) is 105 cm³/mol. The Labute approximate surface area is 149 Å². The van der Waals surface area contributed by atoms with Gasteiger partial charge in [-0.25, -0.2) is 0 Å². The molecule has 0 N–H and O–H groups in total. The van der Waals surface area contributed by atoms with Gasteiger partial charge in [0.05, 0.1) is 0 Å². The maximum atomic E-state index is 6.82. The fraction of sp³-hybridized carbons (Fsp3) is 0.529. The van der Waals surface area contributed by atoms with E-state index in [1.165, 1.54) is 9.75 Å². The number of rotatable bonds is 6. The highest BCUT2D eigenvalue weighted by Crippen LogP contribution is 2.69. The third-order valence-electron chi connectivity index (χ3n) is 3.82. The normalized spacial score (nSPS) is 28.1. The standard InChI is InChI=1S/C17H26O2S2Si2/c1-22(2,3)18-16(14-9-7-11-20-14)13-17(16,19-23(4,5)6)15-10-8-12-21-15/h7-12H,13H2,1-6H3/t16-,17+. The molecule has 0 saturated heterocycles. The molecule has 0 aliphatic heterocycles. The molecule has 23 heavy (non-hydrogen) atoms. The second-order valence-corrected chi connectivity index (χ2v) is 19.0. The van der Waals surface area contributed by atoms with Gasteiger partial charge in [0.2, 0.25) is 0 Å². The second kappa shape index (κ2) is 5.64. The maximum Gasteiger partial charge on any atom is 0.185 e. The van der Waals surface area contributed by atoms with Gasteiger partial charge in [0.25, 0.3) is 0 Å². The summed E-state index contributed by atoms with van der Waals surface area (Å²) in [6.45, 7) is 13.6. The molecular weight excluding hydrogens is 356 g/mol. The van der Waals surface area contributed by atoms with Crippen molar-refractivity contribution in [1.29, 1.82) is 0 Å². The van der Waals surface area contributed by atoms with Crippen LogP contribution in [0.15, 0.2) is 35.0 Å². The third kappa shape index (κ3) is 3.30. The van der Waals surface area contributed by atoms with Crippen LogP contribution in [-0.2, 0) is 20.1 Å². The van der Waals surface area contributed by atoms with Gasteiger partial charge < -0.3 is 8.85 Å². The Hall–Kier alpha value is -0.246. The molecule has 6 heteroatoms. The Kier molecular flexibility index (Phi) is 4.31. The number of hydrogen-bond acceptors (Lipinski definition) is 4. The number of hydrogen-bond donors (Lipinski definition) is 0. The zero-order valence-corrected chi connectivity index (χ0v) is 18.4. The fourth-order valence-corrected chi connectivity index (χ4v) is 8.07. The van der Waals surface area contributed by atoms with E-state index in [1.807, 2.05) is 0 Å². The monoisotopic (exact) mass is 382 g/mol.